The lowest BCUT2D eigenvalue weighted by Gasteiger charge is -2.14. The molecule has 0 radical (unpaired) electrons. The molecule has 0 spiro atoms. The second kappa shape index (κ2) is 5.89. The Morgan fingerprint density at radius 3 is 2.74 bits per heavy atom. The van der Waals surface area contributed by atoms with Crippen molar-refractivity contribution in [2.45, 2.75) is 26.4 Å². The number of aliphatic hydroxyl groups excluding tert-OH is 1. The molecule has 4 nitrogen and oxygen atoms in total. The van der Waals surface area contributed by atoms with Crippen molar-refractivity contribution >= 4 is 11.0 Å². The van der Waals surface area contributed by atoms with E-state index in [0.717, 1.165) is 5.39 Å². The molecule has 1 aromatic heterocycles. The van der Waals surface area contributed by atoms with Crippen molar-refractivity contribution in [3.05, 3.63) is 40.8 Å². The normalized spacial score (nSPS) is 12.8. The fourth-order valence-electron chi connectivity index (χ4n) is 1.94. The van der Waals surface area contributed by atoms with Crippen LogP contribution in [0.15, 0.2) is 39.5 Å². The minimum atomic E-state index is -0.488. The van der Waals surface area contributed by atoms with Gasteiger partial charge in [-0.15, -0.1) is 0 Å². The van der Waals surface area contributed by atoms with Crippen molar-refractivity contribution in [1.29, 1.82) is 0 Å². The highest BCUT2D eigenvalue weighted by Crippen LogP contribution is 2.19. The molecule has 0 aliphatic carbocycles. The van der Waals surface area contributed by atoms with Crippen LogP contribution in [0.1, 0.15) is 20.3 Å². The third-order valence-corrected chi connectivity index (χ3v) is 2.78. The summed E-state index contributed by atoms with van der Waals surface area (Å²) in [6.45, 7) is 4.34. The van der Waals surface area contributed by atoms with Crippen molar-refractivity contribution in [2.24, 2.45) is 5.92 Å². The van der Waals surface area contributed by atoms with Gasteiger partial charge in [0.15, 0.2) is 0 Å². The van der Waals surface area contributed by atoms with Gasteiger partial charge in [0, 0.05) is 17.5 Å². The van der Waals surface area contributed by atoms with E-state index < -0.39 is 6.10 Å². The summed E-state index contributed by atoms with van der Waals surface area (Å²) in [5, 5.41) is 10.6. The first-order valence-electron chi connectivity index (χ1n) is 6.39. The van der Waals surface area contributed by atoms with Crippen LogP contribution in [0.2, 0.25) is 0 Å². The lowest BCUT2D eigenvalue weighted by atomic mass is 10.1. The van der Waals surface area contributed by atoms with Gasteiger partial charge >= 0.3 is 5.63 Å². The van der Waals surface area contributed by atoms with E-state index in [-0.39, 0.29) is 12.2 Å². The van der Waals surface area contributed by atoms with Gasteiger partial charge in [0.1, 0.15) is 17.9 Å². The fraction of sp³-hybridized carbons (Fsp3) is 0.400. The number of fused-ring (bicyclic) bond motifs is 1. The number of hydrogen-bond acceptors (Lipinski definition) is 4. The quantitative estimate of drug-likeness (QED) is 0.841. The number of aliphatic hydroxyl groups is 1. The van der Waals surface area contributed by atoms with Gasteiger partial charge in [0.25, 0.3) is 0 Å². The van der Waals surface area contributed by atoms with E-state index in [4.69, 9.17) is 9.15 Å². The first-order chi connectivity index (χ1) is 9.04. The van der Waals surface area contributed by atoms with E-state index in [2.05, 4.69) is 0 Å². The molecule has 0 saturated heterocycles. The van der Waals surface area contributed by atoms with Crippen LogP contribution in [0, 0.1) is 5.92 Å². The second-order valence-electron chi connectivity index (χ2n) is 5.05. The Morgan fingerprint density at radius 1 is 1.26 bits per heavy atom. The van der Waals surface area contributed by atoms with Crippen LogP contribution in [-0.2, 0) is 0 Å². The van der Waals surface area contributed by atoms with Crippen molar-refractivity contribution in [3.63, 3.8) is 0 Å². The molecular weight excluding hydrogens is 244 g/mol. The average molecular weight is 262 g/mol. The summed E-state index contributed by atoms with van der Waals surface area (Å²) in [5.74, 6) is 1.01. The second-order valence-corrected chi connectivity index (χ2v) is 5.05. The van der Waals surface area contributed by atoms with Crippen LogP contribution in [0.3, 0.4) is 0 Å². The van der Waals surface area contributed by atoms with Gasteiger partial charge in [-0.05, 0) is 30.5 Å². The molecule has 0 aliphatic rings. The Labute approximate surface area is 111 Å². The van der Waals surface area contributed by atoms with Gasteiger partial charge < -0.3 is 14.3 Å². The summed E-state index contributed by atoms with van der Waals surface area (Å²) in [4.78, 5) is 11.1. The van der Waals surface area contributed by atoms with Crippen molar-refractivity contribution in [2.75, 3.05) is 6.61 Å². The molecule has 0 aliphatic heterocycles. The Bertz CT molecular complexity index is 600. The fourth-order valence-corrected chi connectivity index (χ4v) is 1.94. The Balaban J connectivity index is 2.07. The van der Waals surface area contributed by atoms with Gasteiger partial charge in [0.05, 0.1) is 6.10 Å². The topological polar surface area (TPSA) is 59.7 Å². The zero-order valence-electron chi connectivity index (χ0n) is 11.1. The number of hydrogen-bond donors (Lipinski definition) is 1. The van der Waals surface area contributed by atoms with Gasteiger partial charge in [-0.1, -0.05) is 13.8 Å². The minimum absolute atomic E-state index is 0.237. The third kappa shape index (κ3) is 3.83. The first-order valence-corrected chi connectivity index (χ1v) is 6.39. The summed E-state index contributed by atoms with van der Waals surface area (Å²) in [6, 6.07) is 8.37. The van der Waals surface area contributed by atoms with E-state index in [9.17, 15) is 9.90 Å². The number of ether oxygens (including phenoxy) is 1. The molecule has 2 rings (SSSR count). The van der Waals surface area contributed by atoms with Crippen LogP contribution in [0.5, 0.6) is 5.75 Å². The maximum Gasteiger partial charge on any atom is 0.336 e. The average Bonchev–Trinajstić information content (AvgIpc) is 2.35. The summed E-state index contributed by atoms with van der Waals surface area (Å²) in [5.41, 5.74) is 0.104. The van der Waals surface area contributed by atoms with Gasteiger partial charge in [-0.2, -0.15) is 0 Å². The Morgan fingerprint density at radius 2 is 2.00 bits per heavy atom. The highest BCUT2D eigenvalue weighted by atomic mass is 16.5. The predicted octanol–water partition coefficient (Wildman–Crippen LogP) is 2.58. The van der Waals surface area contributed by atoms with E-state index >= 15 is 0 Å². The number of benzene rings is 1. The molecule has 1 aromatic carbocycles. The minimum Gasteiger partial charge on any atom is -0.491 e. The lowest BCUT2D eigenvalue weighted by molar-refractivity contribution is 0.0893. The zero-order valence-corrected chi connectivity index (χ0v) is 11.1. The van der Waals surface area contributed by atoms with Crippen LogP contribution >= 0.6 is 0 Å². The molecule has 1 atom stereocenters. The largest absolute Gasteiger partial charge is 0.491 e. The lowest BCUT2D eigenvalue weighted by Crippen LogP contribution is -2.19. The first kappa shape index (κ1) is 13.6. The molecule has 4 heteroatoms. The molecule has 1 heterocycles. The van der Waals surface area contributed by atoms with Gasteiger partial charge in [-0.3, -0.25) is 0 Å². The number of rotatable bonds is 5. The molecule has 0 bridgehead atoms. The zero-order chi connectivity index (χ0) is 13.8. The smallest absolute Gasteiger partial charge is 0.336 e. The molecular formula is C15H18O4. The van der Waals surface area contributed by atoms with Crippen LogP contribution in [0.25, 0.3) is 11.0 Å². The summed E-state index contributed by atoms with van der Waals surface area (Å²) in [6.07, 6.45) is 0.210. The molecule has 0 fully saturated rings. The highest BCUT2D eigenvalue weighted by Gasteiger charge is 2.08. The molecule has 2 aromatic rings. The Kier molecular flexibility index (Phi) is 4.22. The summed E-state index contributed by atoms with van der Waals surface area (Å²) < 4.78 is 10.6. The summed E-state index contributed by atoms with van der Waals surface area (Å²) in [7, 11) is 0. The van der Waals surface area contributed by atoms with E-state index in [1.807, 2.05) is 19.9 Å². The van der Waals surface area contributed by atoms with Crippen molar-refractivity contribution < 1.29 is 14.3 Å². The predicted molar refractivity (Wildman–Crippen MR) is 73.4 cm³/mol. The van der Waals surface area contributed by atoms with E-state index in [1.165, 1.54) is 6.07 Å². The molecule has 0 amide bonds. The maximum absolute atomic E-state index is 11.1. The monoisotopic (exact) mass is 262 g/mol. The molecule has 0 saturated carbocycles. The molecule has 102 valence electrons. The van der Waals surface area contributed by atoms with Crippen LogP contribution in [-0.4, -0.2) is 17.8 Å². The highest BCUT2D eigenvalue weighted by molar-refractivity contribution is 5.77. The third-order valence-electron chi connectivity index (χ3n) is 2.78. The Hall–Kier alpha value is -1.81. The summed E-state index contributed by atoms with van der Waals surface area (Å²) >= 11 is 0. The molecule has 0 unspecified atom stereocenters. The standard InChI is InChI=1S/C15H18O4/c1-10(2)7-12(16)9-18-13-5-3-11-4-6-15(17)19-14(11)8-13/h3-6,8,10,12,16H,7,9H2,1-2H3/t12-/m0/s1. The maximum atomic E-state index is 11.1. The van der Waals surface area contributed by atoms with Crippen LogP contribution in [0.4, 0.5) is 0 Å². The van der Waals surface area contributed by atoms with Gasteiger partial charge in [0.2, 0.25) is 0 Å². The van der Waals surface area contributed by atoms with E-state index in [0.29, 0.717) is 23.7 Å². The van der Waals surface area contributed by atoms with Crippen LogP contribution < -0.4 is 10.4 Å². The molecule has 19 heavy (non-hydrogen) atoms. The van der Waals surface area contributed by atoms with Crippen molar-refractivity contribution in [3.8, 4) is 5.75 Å². The van der Waals surface area contributed by atoms with Gasteiger partial charge in [-0.25, -0.2) is 4.79 Å². The SMILES string of the molecule is CC(C)C[C@H](O)COc1ccc2ccc(=O)oc2c1. The molecule has 1 N–H and O–H groups in total. The van der Waals surface area contributed by atoms with Crippen molar-refractivity contribution in [1.82, 2.24) is 0 Å². The van der Waals surface area contributed by atoms with E-state index in [1.54, 1.807) is 18.2 Å².